The molecular formula is C23H19N. The van der Waals surface area contributed by atoms with Crippen molar-refractivity contribution in [3.8, 4) is 11.1 Å². The van der Waals surface area contributed by atoms with E-state index in [-0.39, 0.29) is 5.41 Å². The molecule has 1 aromatic heterocycles. The Morgan fingerprint density at radius 2 is 1.67 bits per heavy atom. The van der Waals surface area contributed by atoms with Gasteiger partial charge in [-0.25, -0.2) is 0 Å². The van der Waals surface area contributed by atoms with Crippen LogP contribution in [0.2, 0.25) is 0 Å². The summed E-state index contributed by atoms with van der Waals surface area (Å²) in [5.41, 5.74) is 11.5. The molecule has 2 aliphatic carbocycles. The first-order chi connectivity index (χ1) is 11.7. The maximum absolute atomic E-state index is 3.79. The number of hydrogen-bond acceptors (Lipinski definition) is 0. The van der Waals surface area contributed by atoms with E-state index in [0.717, 1.165) is 12.8 Å². The average molecular weight is 309 g/mol. The van der Waals surface area contributed by atoms with Crippen LogP contribution in [0, 0.1) is 0 Å². The van der Waals surface area contributed by atoms with Gasteiger partial charge >= 0.3 is 0 Å². The lowest BCUT2D eigenvalue weighted by Gasteiger charge is -2.23. The molecule has 0 atom stereocenters. The number of fused-ring (bicyclic) bond motifs is 4. The van der Waals surface area contributed by atoms with Crippen LogP contribution < -0.4 is 0 Å². The third-order valence-corrected chi connectivity index (χ3v) is 6.25. The first-order valence-electron chi connectivity index (χ1n) is 8.86. The lowest BCUT2D eigenvalue weighted by molar-refractivity contribution is 0.665. The molecule has 0 amide bonds. The van der Waals surface area contributed by atoms with Crippen LogP contribution in [0.25, 0.3) is 32.9 Å². The smallest absolute Gasteiger partial charge is 0.0515 e. The summed E-state index contributed by atoms with van der Waals surface area (Å²) in [4.78, 5) is 3.79. The SMILES string of the molecule is CC1(C)c2ccccc2-c2cc3c4c([nH]c5cccc(c54)CC3)c21. The van der Waals surface area contributed by atoms with Crippen LogP contribution >= 0.6 is 0 Å². The van der Waals surface area contributed by atoms with Crippen LogP contribution in [0.1, 0.15) is 36.1 Å². The van der Waals surface area contributed by atoms with Gasteiger partial charge in [-0.15, -0.1) is 0 Å². The minimum Gasteiger partial charge on any atom is -0.354 e. The molecule has 0 saturated carbocycles. The van der Waals surface area contributed by atoms with E-state index < -0.39 is 0 Å². The highest BCUT2D eigenvalue weighted by molar-refractivity contribution is 6.15. The van der Waals surface area contributed by atoms with Crippen molar-refractivity contribution in [1.29, 1.82) is 0 Å². The van der Waals surface area contributed by atoms with Gasteiger partial charge in [0.25, 0.3) is 0 Å². The Balaban J connectivity index is 1.88. The first kappa shape index (κ1) is 12.8. The minimum atomic E-state index is 0.0446. The molecule has 0 spiro atoms. The summed E-state index contributed by atoms with van der Waals surface area (Å²) >= 11 is 0. The maximum atomic E-state index is 3.79. The van der Waals surface area contributed by atoms with Gasteiger partial charge in [-0.2, -0.15) is 0 Å². The van der Waals surface area contributed by atoms with Crippen molar-refractivity contribution in [3.05, 3.63) is 70.8 Å². The molecule has 2 aliphatic rings. The lowest BCUT2D eigenvalue weighted by atomic mass is 9.80. The van der Waals surface area contributed by atoms with Crippen LogP contribution in [0.4, 0.5) is 0 Å². The highest BCUT2D eigenvalue weighted by atomic mass is 14.7. The second-order valence-electron chi connectivity index (χ2n) is 7.84. The zero-order valence-electron chi connectivity index (χ0n) is 14.0. The zero-order valence-corrected chi connectivity index (χ0v) is 14.0. The third kappa shape index (κ3) is 1.30. The average Bonchev–Trinajstić information content (AvgIpc) is 3.08. The van der Waals surface area contributed by atoms with Crippen molar-refractivity contribution in [2.75, 3.05) is 0 Å². The predicted molar refractivity (Wildman–Crippen MR) is 101 cm³/mol. The summed E-state index contributed by atoms with van der Waals surface area (Å²) in [6, 6.07) is 18.1. The van der Waals surface area contributed by atoms with Gasteiger partial charge in [-0.3, -0.25) is 0 Å². The first-order valence-corrected chi connectivity index (χ1v) is 8.86. The van der Waals surface area contributed by atoms with Crippen molar-refractivity contribution in [2.45, 2.75) is 32.1 Å². The Hall–Kier alpha value is -2.54. The fourth-order valence-electron chi connectivity index (χ4n) is 5.22. The Bertz CT molecular complexity index is 1170. The highest BCUT2D eigenvalue weighted by Crippen LogP contribution is 2.53. The number of hydrogen-bond donors (Lipinski definition) is 1. The number of nitrogens with one attached hydrogen (secondary N) is 1. The molecule has 4 aromatic rings. The third-order valence-electron chi connectivity index (χ3n) is 6.25. The number of benzene rings is 3. The number of aromatic amines is 1. The largest absolute Gasteiger partial charge is 0.354 e. The van der Waals surface area contributed by atoms with Crippen LogP contribution in [-0.4, -0.2) is 4.98 Å². The molecule has 1 heteroatoms. The van der Waals surface area contributed by atoms with Crippen LogP contribution in [0.5, 0.6) is 0 Å². The van der Waals surface area contributed by atoms with E-state index >= 15 is 0 Å². The second-order valence-corrected chi connectivity index (χ2v) is 7.84. The van der Waals surface area contributed by atoms with E-state index in [0.29, 0.717) is 0 Å². The van der Waals surface area contributed by atoms with Gasteiger partial charge in [-0.1, -0.05) is 56.3 Å². The van der Waals surface area contributed by atoms with E-state index in [1.54, 1.807) is 0 Å². The number of aryl methyl sites for hydroxylation is 2. The van der Waals surface area contributed by atoms with Crippen LogP contribution in [0.3, 0.4) is 0 Å². The topological polar surface area (TPSA) is 15.8 Å². The standard InChI is InChI=1S/C23H19N/c1-23(2)17-8-4-3-7-15(17)16-12-14-11-10-13-6-5-9-18-19(13)20(14)22(24-18)21(16)23/h3-9,12,24H,10-11H2,1-2H3. The molecule has 116 valence electrons. The predicted octanol–water partition coefficient (Wildman–Crippen LogP) is 5.73. The molecule has 3 aromatic carbocycles. The van der Waals surface area contributed by atoms with Crippen LogP contribution in [0.15, 0.2) is 48.5 Å². The molecule has 0 radical (unpaired) electrons. The molecule has 0 fully saturated rings. The van der Waals surface area contributed by atoms with E-state index in [2.05, 4.69) is 67.4 Å². The maximum Gasteiger partial charge on any atom is 0.0515 e. The van der Waals surface area contributed by atoms with E-state index in [1.165, 1.54) is 55.2 Å². The second kappa shape index (κ2) is 3.92. The molecular weight excluding hydrogens is 290 g/mol. The van der Waals surface area contributed by atoms with Gasteiger partial charge in [0.2, 0.25) is 0 Å². The molecule has 1 N–H and O–H groups in total. The summed E-state index contributed by atoms with van der Waals surface area (Å²) in [7, 11) is 0. The van der Waals surface area contributed by atoms with Crippen LogP contribution in [-0.2, 0) is 18.3 Å². The molecule has 1 nitrogen and oxygen atoms in total. The van der Waals surface area contributed by atoms with Gasteiger partial charge in [0.1, 0.15) is 0 Å². The quantitative estimate of drug-likeness (QED) is 0.427. The lowest BCUT2D eigenvalue weighted by Crippen LogP contribution is -2.15. The number of rotatable bonds is 0. The molecule has 0 aliphatic heterocycles. The molecule has 6 rings (SSSR count). The molecule has 0 unspecified atom stereocenters. The van der Waals surface area contributed by atoms with Crippen molar-refractivity contribution < 1.29 is 0 Å². The van der Waals surface area contributed by atoms with E-state index in [9.17, 15) is 0 Å². The zero-order chi connectivity index (χ0) is 16.1. The van der Waals surface area contributed by atoms with Gasteiger partial charge in [0, 0.05) is 21.7 Å². The van der Waals surface area contributed by atoms with Crippen molar-refractivity contribution in [1.82, 2.24) is 4.98 Å². The van der Waals surface area contributed by atoms with Crippen molar-refractivity contribution in [3.63, 3.8) is 0 Å². The van der Waals surface area contributed by atoms with E-state index in [1.807, 2.05) is 0 Å². The Labute approximate surface area is 141 Å². The molecule has 0 bridgehead atoms. The summed E-state index contributed by atoms with van der Waals surface area (Å²) < 4.78 is 0. The Morgan fingerprint density at radius 3 is 2.58 bits per heavy atom. The van der Waals surface area contributed by atoms with Crippen molar-refractivity contribution in [2.24, 2.45) is 0 Å². The molecule has 1 heterocycles. The van der Waals surface area contributed by atoms with Gasteiger partial charge < -0.3 is 4.98 Å². The molecule has 24 heavy (non-hydrogen) atoms. The van der Waals surface area contributed by atoms with Gasteiger partial charge in [0.05, 0.1) is 5.52 Å². The minimum absolute atomic E-state index is 0.0446. The number of H-pyrrole nitrogens is 1. The number of aromatic nitrogens is 1. The Kier molecular flexibility index (Phi) is 2.10. The van der Waals surface area contributed by atoms with Gasteiger partial charge in [0.15, 0.2) is 0 Å². The normalized spacial score (nSPS) is 16.8. The summed E-state index contributed by atoms with van der Waals surface area (Å²) in [5.74, 6) is 0. The fourth-order valence-corrected chi connectivity index (χ4v) is 5.22. The van der Waals surface area contributed by atoms with Gasteiger partial charge in [-0.05, 0) is 52.3 Å². The summed E-state index contributed by atoms with van der Waals surface area (Å²) in [5, 5.41) is 2.94. The van der Waals surface area contributed by atoms with Crippen molar-refractivity contribution >= 4 is 21.8 Å². The monoisotopic (exact) mass is 309 g/mol. The fraction of sp³-hybridized carbons (Fsp3) is 0.217. The Morgan fingerprint density at radius 1 is 0.833 bits per heavy atom. The highest BCUT2D eigenvalue weighted by Gasteiger charge is 2.38. The summed E-state index contributed by atoms with van der Waals surface area (Å²) in [6.07, 6.45) is 2.30. The summed E-state index contributed by atoms with van der Waals surface area (Å²) in [6.45, 7) is 4.74. The molecule has 0 saturated heterocycles. The van der Waals surface area contributed by atoms with E-state index in [4.69, 9.17) is 0 Å².